The lowest BCUT2D eigenvalue weighted by Crippen LogP contribution is -2.38. The highest BCUT2D eigenvalue weighted by Crippen LogP contribution is 2.14. The zero-order valence-corrected chi connectivity index (χ0v) is 15.9. The van der Waals surface area contributed by atoms with Gasteiger partial charge in [0.15, 0.2) is 5.96 Å². The summed E-state index contributed by atoms with van der Waals surface area (Å²) in [5, 5.41) is 16.5. The first-order chi connectivity index (χ1) is 12.3. The molecule has 8 heteroatoms. The number of nitrogens with one attached hydrogen (secondary N) is 2. The largest absolute Gasteiger partial charge is 0.356 e. The normalized spacial score (nSPS) is 14.9. The van der Waals surface area contributed by atoms with E-state index in [1.807, 2.05) is 6.20 Å². The summed E-state index contributed by atoms with van der Waals surface area (Å²) in [7, 11) is 1.79. The Labute approximate surface area is 153 Å². The van der Waals surface area contributed by atoms with E-state index >= 15 is 0 Å². The van der Waals surface area contributed by atoms with Crippen LogP contribution in [0.2, 0.25) is 0 Å². The van der Waals surface area contributed by atoms with Gasteiger partial charge < -0.3 is 15.2 Å². The summed E-state index contributed by atoms with van der Waals surface area (Å²) in [5.41, 5.74) is 0. The molecule has 0 saturated heterocycles. The number of rotatable bonds is 6. The Bertz CT molecular complexity index is 704. The molecule has 0 unspecified atom stereocenters. The van der Waals surface area contributed by atoms with Crippen LogP contribution in [-0.2, 0) is 32.4 Å². The molecule has 0 spiro atoms. The molecule has 0 amide bonds. The molecule has 0 saturated carbocycles. The van der Waals surface area contributed by atoms with Gasteiger partial charge in [0.05, 0.1) is 6.54 Å². The molecule has 136 valence electrons. The lowest BCUT2D eigenvalue weighted by Gasteiger charge is -2.11. The van der Waals surface area contributed by atoms with E-state index in [1.54, 1.807) is 18.4 Å². The highest BCUT2D eigenvalue weighted by molar-refractivity contribution is 7.11. The number of hydrogen-bond acceptors (Lipinski definition) is 5. The van der Waals surface area contributed by atoms with E-state index in [0.717, 1.165) is 55.0 Å². The van der Waals surface area contributed by atoms with Crippen molar-refractivity contribution in [3.05, 3.63) is 27.7 Å². The molecular formula is C17H27N7S. The van der Waals surface area contributed by atoms with Gasteiger partial charge in [0.25, 0.3) is 0 Å². The van der Waals surface area contributed by atoms with Gasteiger partial charge in [0.2, 0.25) is 0 Å². The van der Waals surface area contributed by atoms with E-state index in [1.165, 1.54) is 24.1 Å². The van der Waals surface area contributed by atoms with Gasteiger partial charge in [-0.05, 0) is 19.3 Å². The van der Waals surface area contributed by atoms with Crippen molar-refractivity contribution in [1.29, 1.82) is 0 Å². The van der Waals surface area contributed by atoms with Crippen molar-refractivity contribution in [2.45, 2.75) is 58.5 Å². The molecule has 0 aliphatic carbocycles. The fourth-order valence-electron chi connectivity index (χ4n) is 3.00. The second kappa shape index (κ2) is 8.94. The zero-order valence-electron chi connectivity index (χ0n) is 15.1. The van der Waals surface area contributed by atoms with Gasteiger partial charge >= 0.3 is 0 Å². The number of aryl methyl sites for hydroxylation is 2. The highest BCUT2D eigenvalue weighted by Gasteiger charge is 2.14. The monoisotopic (exact) mass is 361 g/mol. The van der Waals surface area contributed by atoms with E-state index in [0.29, 0.717) is 6.54 Å². The van der Waals surface area contributed by atoms with Gasteiger partial charge in [0, 0.05) is 44.1 Å². The molecule has 0 bridgehead atoms. The summed E-state index contributed by atoms with van der Waals surface area (Å²) < 4.78 is 2.30. The Morgan fingerprint density at radius 2 is 2.20 bits per heavy atom. The minimum Gasteiger partial charge on any atom is -0.356 e. The molecule has 0 fully saturated rings. The number of aromatic nitrogens is 4. The number of thiazole rings is 1. The number of aliphatic imine (C=N–C) groups is 1. The van der Waals surface area contributed by atoms with Gasteiger partial charge in [-0.1, -0.05) is 13.3 Å². The van der Waals surface area contributed by atoms with Crippen molar-refractivity contribution in [2.24, 2.45) is 4.99 Å². The topological polar surface area (TPSA) is 80.0 Å². The number of hydrogen-bond donors (Lipinski definition) is 2. The standard InChI is InChI=1S/C17H27N7S/c1-3-13-11-20-16(25-13)12-21-17(18-2)19-9-8-15-23-22-14-7-5-4-6-10-24(14)15/h11H,3-10,12H2,1-2H3,(H2,18,19,21). The van der Waals surface area contributed by atoms with Crippen LogP contribution in [0, 0.1) is 0 Å². The van der Waals surface area contributed by atoms with Crippen LogP contribution >= 0.6 is 11.3 Å². The van der Waals surface area contributed by atoms with Crippen LogP contribution in [0.3, 0.4) is 0 Å². The first-order valence-corrected chi connectivity index (χ1v) is 9.91. The molecule has 2 N–H and O–H groups in total. The fourth-order valence-corrected chi connectivity index (χ4v) is 3.80. The van der Waals surface area contributed by atoms with E-state index < -0.39 is 0 Å². The summed E-state index contributed by atoms with van der Waals surface area (Å²) in [5.74, 6) is 3.02. The molecule has 0 aromatic carbocycles. The second-order valence-corrected chi connectivity index (χ2v) is 7.37. The predicted molar refractivity (Wildman–Crippen MR) is 101 cm³/mol. The minimum absolute atomic E-state index is 0.699. The van der Waals surface area contributed by atoms with Crippen molar-refractivity contribution in [3.63, 3.8) is 0 Å². The van der Waals surface area contributed by atoms with Gasteiger partial charge in [-0.2, -0.15) is 0 Å². The Morgan fingerprint density at radius 1 is 1.28 bits per heavy atom. The van der Waals surface area contributed by atoms with E-state index in [9.17, 15) is 0 Å². The van der Waals surface area contributed by atoms with Gasteiger partial charge in [-0.3, -0.25) is 4.99 Å². The van der Waals surface area contributed by atoms with Gasteiger partial charge in [-0.25, -0.2) is 4.98 Å². The summed E-state index contributed by atoms with van der Waals surface area (Å²) in [4.78, 5) is 10.0. The van der Waals surface area contributed by atoms with Crippen LogP contribution in [0.15, 0.2) is 11.2 Å². The number of fused-ring (bicyclic) bond motifs is 1. The van der Waals surface area contributed by atoms with Gasteiger partial charge in [-0.15, -0.1) is 21.5 Å². The molecule has 3 rings (SSSR count). The maximum Gasteiger partial charge on any atom is 0.191 e. The Hall–Kier alpha value is -1.96. The third kappa shape index (κ3) is 4.78. The first-order valence-electron chi connectivity index (χ1n) is 9.09. The first kappa shape index (κ1) is 17.8. The third-order valence-electron chi connectivity index (χ3n) is 4.41. The summed E-state index contributed by atoms with van der Waals surface area (Å²) in [6, 6.07) is 0. The summed E-state index contributed by atoms with van der Waals surface area (Å²) in [6.45, 7) is 4.69. The van der Waals surface area contributed by atoms with Crippen molar-refractivity contribution >= 4 is 17.3 Å². The molecule has 2 aromatic heterocycles. The van der Waals surface area contributed by atoms with Crippen LogP contribution < -0.4 is 10.6 Å². The van der Waals surface area contributed by atoms with E-state index in [-0.39, 0.29) is 0 Å². The minimum atomic E-state index is 0.699. The van der Waals surface area contributed by atoms with Crippen LogP contribution in [0.5, 0.6) is 0 Å². The van der Waals surface area contributed by atoms with Crippen molar-refractivity contribution in [3.8, 4) is 0 Å². The van der Waals surface area contributed by atoms with Crippen molar-refractivity contribution < 1.29 is 0 Å². The summed E-state index contributed by atoms with van der Waals surface area (Å²) in [6.07, 6.45) is 8.63. The number of guanidine groups is 1. The number of nitrogens with zero attached hydrogens (tertiary/aromatic N) is 5. The molecule has 3 heterocycles. The Balaban J connectivity index is 1.46. The van der Waals surface area contributed by atoms with Crippen LogP contribution in [0.1, 0.15) is 47.7 Å². The maximum atomic E-state index is 4.42. The summed E-state index contributed by atoms with van der Waals surface area (Å²) >= 11 is 1.75. The second-order valence-electron chi connectivity index (χ2n) is 6.17. The average Bonchev–Trinajstić information content (AvgIpc) is 3.18. The van der Waals surface area contributed by atoms with Crippen LogP contribution in [0.4, 0.5) is 0 Å². The molecule has 0 radical (unpaired) electrons. The molecule has 1 aliphatic rings. The SMILES string of the molecule is CCc1cnc(CNC(=NC)NCCc2nnc3n2CCCCC3)s1. The molecule has 2 aromatic rings. The third-order valence-corrected chi connectivity index (χ3v) is 5.55. The predicted octanol–water partition coefficient (Wildman–Crippen LogP) is 1.93. The lowest BCUT2D eigenvalue weighted by atomic mass is 10.2. The fraction of sp³-hybridized carbons (Fsp3) is 0.647. The van der Waals surface area contributed by atoms with Gasteiger partial charge in [0.1, 0.15) is 16.7 Å². The lowest BCUT2D eigenvalue weighted by molar-refractivity contribution is 0.600. The Morgan fingerprint density at radius 3 is 3.00 bits per heavy atom. The smallest absolute Gasteiger partial charge is 0.191 e. The molecule has 1 aliphatic heterocycles. The molecule has 0 atom stereocenters. The molecule has 7 nitrogen and oxygen atoms in total. The molecular weight excluding hydrogens is 334 g/mol. The van der Waals surface area contributed by atoms with Crippen LogP contribution in [0.25, 0.3) is 0 Å². The van der Waals surface area contributed by atoms with Crippen molar-refractivity contribution in [2.75, 3.05) is 13.6 Å². The molecule has 25 heavy (non-hydrogen) atoms. The Kier molecular flexibility index (Phi) is 6.38. The zero-order chi connectivity index (χ0) is 17.5. The average molecular weight is 362 g/mol. The van der Waals surface area contributed by atoms with E-state index in [2.05, 4.69) is 42.3 Å². The van der Waals surface area contributed by atoms with Crippen LogP contribution in [-0.4, -0.2) is 39.3 Å². The highest BCUT2D eigenvalue weighted by atomic mass is 32.1. The quantitative estimate of drug-likeness (QED) is 0.607. The maximum absolute atomic E-state index is 4.42. The van der Waals surface area contributed by atoms with Crippen molar-refractivity contribution in [1.82, 2.24) is 30.4 Å². The van der Waals surface area contributed by atoms with E-state index in [4.69, 9.17) is 0 Å².